The van der Waals surface area contributed by atoms with E-state index in [4.69, 9.17) is 9.47 Å². The number of rotatable bonds is 7. The molecule has 1 unspecified atom stereocenters. The molecular weight excluding hydrogens is 269 g/mol. The highest BCUT2D eigenvalue weighted by molar-refractivity contribution is 5.30. The number of hydrogen-bond acceptors (Lipinski definition) is 3. The van der Waals surface area contributed by atoms with Gasteiger partial charge in [-0.2, -0.15) is 0 Å². The molecule has 2 rings (SSSR count). The van der Waals surface area contributed by atoms with Gasteiger partial charge in [0.1, 0.15) is 0 Å². The number of halogens is 1. The number of benzene rings is 1. The summed E-state index contributed by atoms with van der Waals surface area (Å²) in [6.45, 7) is 7.85. The van der Waals surface area contributed by atoms with Crippen LogP contribution in [0.25, 0.3) is 0 Å². The third-order valence-electron chi connectivity index (χ3n) is 4.03. The topological polar surface area (TPSA) is 30.5 Å². The Balaban J connectivity index is 2.03. The molecule has 1 aliphatic rings. The van der Waals surface area contributed by atoms with Crippen LogP contribution in [0.5, 0.6) is 5.75 Å². The van der Waals surface area contributed by atoms with Gasteiger partial charge in [0, 0.05) is 18.6 Å². The summed E-state index contributed by atoms with van der Waals surface area (Å²) < 4.78 is 24.4. The summed E-state index contributed by atoms with van der Waals surface area (Å²) in [6, 6.07) is 5.24. The minimum atomic E-state index is -0.292. The van der Waals surface area contributed by atoms with E-state index >= 15 is 0 Å². The summed E-state index contributed by atoms with van der Waals surface area (Å²) in [6.07, 6.45) is 1.85. The fourth-order valence-corrected chi connectivity index (χ4v) is 2.87. The van der Waals surface area contributed by atoms with Crippen LogP contribution < -0.4 is 10.1 Å². The van der Waals surface area contributed by atoms with Gasteiger partial charge >= 0.3 is 0 Å². The summed E-state index contributed by atoms with van der Waals surface area (Å²) in [5, 5.41) is 3.53. The van der Waals surface area contributed by atoms with Crippen molar-refractivity contribution < 1.29 is 13.9 Å². The first kappa shape index (κ1) is 16.2. The number of hydrogen-bond donors (Lipinski definition) is 1. The first-order valence-electron chi connectivity index (χ1n) is 7.65. The van der Waals surface area contributed by atoms with Gasteiger partial charge in [-0.05, 0) is 43.0 Å². The Morgan fingerprint density at radius 3 is 2.81 bits per heavy atom. The molecule has 0 saturated carbocycles. The molecule has 1 aromatic rings. The standard InChI is InChI=1S/C17H26FNO2/c1-13(2)10-19-11-17(6-7-21-12-17)9-14-4-5-16(20-3)15(18)8-14/h4-5,8,13,19H,6-7,9-12H2,1-3H3. The summed E-state index contributed by atoms with van der Waals surface area (Å²) in [7, 11) is 1.49. The molecule has 3 nitrogen and oxygen atoms in total. The number of methoxy groups -OCH3 is 1. The molecule has 1 saturated heterocycles. The predicted octanol–water partition coefficient (Wildman–Crippen LogP) is 3.03. The van der Waals surface area contributed by atoms with E-state index in [-0.39, 0.29) is 11.2 Å². The highest BCUT2D eigenvalue weighted by atomic mass is 19.1. The van der Waals surface area contributed by atoms with Gasteiger partial charge in [-0.15, -0.1) is 0 Å². The molecule has 0 aliphatic carbocycles. The van der Waals surface area contributed by atoms with Gasteiger partial charge in [-0.1, -0.05) is 19.9 Å². The Labute approximate surface area is 126 Å². The molecule has 0 bridgehead atoms. The van der Waals surface area contributed by atoms with Crippen LogP contribution in [0.15, 0.2) is 18.2 Å². The summed E-state index contributed by atoms with van der Waals surface area (Å²) in [5.74, 6) is 0.635. The Kier molecular flexibility index (Phi) is 5.59. The third kappa shape index (κ3) is 4.42. The van der Waals surface area contributed by atoms with Crippen LogP contribution >= 0.6 is 0 Å². The van der Waals surface area contributed by atoms with Crippen LogP contribution in [-0.4, -0.2) is 33.4 Å². The summed E-state index contributed by atoms with van der Waals surface area (Å²) in [5.41, 5.74) is 1.08. The minimum absolute atomic E-state index is 0.0793. The first-order chi connectivity index (χ1) is 10.0. The molecule has 1 atom stereocenters. The maximum Gasteiger partial charge on any atom is 0.165 e. The Hall–Kier alpha value is -1.13. The SMILES string of the molecule is COc1ccc(CC2(CNCC(C)C)CCOC2)cc1F. The van der Waals surface area contributed by atoms with Crippen LogP contribution in [0.1, 0.15) is 25.8 Å². The van der Waals surface area contributed by atoms with Crippen molar-refractivity contribution in [3.8, 4) is 5.75 Å². The van der Waals surface area contributed by atoms with Gasteiger partial charge in [-0.3, -0.25) is 0 Å². The monoisotopic (exact) mass is 295 g/mol. The molecule has 1 fully saturated rings. The normalized spacial score (nSPS) is 22.0. The van der Waals surface area contributed by atoms with Crippen LogP contribution in [0.3, 0.4) is 0 Å². The molecule has 0 amide bonds. The predicted molar refractivity (Wildman–Crippen MR) is 82.2 cm³/mol. The lowest BCUT2D eigenvalue weighted by Gasteiger charge is -2.28. The van der Waals surface area contributed by atoms with E-state index in [1.807, 2.05) is 6.07 Å². The molecule has 1 heterocycles. The zero-order valence-electron chi connectivity index (χ0n) is 13.2. The van der Waals surface area contributed by atoms with Crippen molar-refractivity contribution in [1.82, 2.24) is 5.32 Å². The summed E-state index contributed by atoms with van der Waals surface area (Å²) in [4.78, 5) is 0. The average Bonchev–Trinajstić information content (AvgIpc) is 2.87. The largest absolute Gasteiger partial charge is 0.494 e. The molecule has 21 heavy (non-hydrogen) atoms. The zero-order valence-corrected chi connectivity index (χ0v) is 13.2. The van der Waals surface area contributed by atoms with Crippen molar-refractivity contribution in [2.75, 3.05) is 33.4 Å². The van der Waals surface area contributed by atoms with Gasteiger partial charge in [0.05, 0.1) is 13.7 Å². The highest BCUT2D eigenvalue weighted by Gasteiger charge is 2.34. The molecule has 1 N–H and O–H groups in total. The van der Waals surface area contributed by atoms with Crippen molar-refractivity contribution in [3.05, 3.63) is 29.6 Å². The Morgan fingerprint density at radius 1 is 1.43 bits per heavy atom. The number of ether oxygens (including phenoxy) is 2. The van der Waals surface area contributed by atoms with Crippen LogP contribution in [0.2, 0.25) is 0 Å². The Bertz CT molecular complexity index is 456. The van der Waals surface area contributed by atoms with Crippen molar-refractivity contribution in [3.63, 3.8) is 0 Å². The van der Waals surface area contributed by atoms with E-state index in [1.165, 1.54) is 7.11 Å². The van der Waals surface area contributed by atoms with Crippen molar-refractivity contribution >= 4 is 0 Å². The van der Waals surface area contributed by atoms with Crippen molar-refractivity contribution in [2.45, 2.75) is 26.7 Å². The van der Waals surface area contributed by atoms with Gasteiger partial charge in [-0.25, -0.2) is 4.39 Å². The minimum Gasteiger partial charge on any atom is -0.494 e. The molecule has 4 heteroatoms. The maximum atomic E-state index is 13.8. The average molecular weight is 295 g/mol. The van der Waals surface area contributed by atoms with Crippen molar-refractivity contribution in [1.29, 1.82) is 0 Å². The van der Waals surface area contributed by atoms with Gasteiger partial charge in [0.2, 0.25) is 0 Å². The number of nitrogens with one attached hydrogen (secondary N) is 1. The third-order valence-corrected chi connectivity index (χ3v) is 4.03. The molecule has 1 aromatic carbocycles. The molecule has 0 radical (unpaired) electrons. The van der Waals surface area contributed by atoms with Gasteiger partial charge < -0.3 is 14.8 Å². The second-order valence-electron chi connectivity index (χ2n) is 6.47. The molecule has 118 valence electrons. The van der Waals surface area contributed by atoms with E-state index in [2.05, 4.69) is 19.2 Å². The van der Waals surface area contributed by atoms with E-state index < -0.39 is 0 Å². The summed E-state index contributed by atoms with van der Waals surface area (Å²) >= 11 is 0. The second-order valence-corrected chi connectivity index (χ2v) is 6.47. The van der Waals surface area contributed by atoms with E-state index in [1.54, 1.807) is 12.1 Å². The fraction of sp³-hybridized carbons (Fsp3) is 0.647. The molecule has 0 aromatic heterocycles. The van der Waals surface area contributed by atoms with Crippen LogP contribution in [0, 0.1) is 17.2 Å². The first-order valence-corrected chi connectivity index (χ1v) is 7.65. The second kappa shape index (κ2) is 7.23. The quantitative estimate of drug-likeness (QED) is 0.839. The Morgan fingerprint density at radius 2 is 2.24 bits per heavy atom. The van der Waals surface area contributed by atoms with Gasteiger partial charge in [0.25, 0.3) is 0 Å². The maximum absolute atomic E-state index is 13.8. The lowest BCUT2D eigenvalue weighted by molar-refractivity contribution is 0.148. The van der Waals surface area contributed by atoms with Crippen molar-refractivity contribution in [2.24, 2.45) is 11.3 Å². The molecular formula is C17H26FNO2. The van der Waals surface area contributed by atoms with E-state index in [0.29, 0.717) is 11.7 Å². The molecule has 1 aliphatic heterocycles. The smallest absolute Gasteiger partial charge is 0.165 e. The van der Waals surface area contributed by atoms with E-state index in [9.17, 15) is 4.39 Å². The van der Waals surface area contributed by atoms with E-state index in [0.717, 1.165) is 44.7 Å². The van der Waals surface area contributed by atoms with Gasteiger partial charge in [0.15, 0.2) is 11.6 Å². The van der Waals surface area contributed by atoms with Crippen LogP contribution in [-0.2, 0) is 11.2 Å². The highest BCUT2D eigenvalue weighted by Crippen LogP contribution is 2.33. The zero-order chi connectivity index (χ0) is 15.3. The van der Waals surface area contributed by atoms with Crippen LogP contribution in [0.4, 0.5) is 4.39 Å². The lowest BCUT2D eigenvalue weighted by Crippen LogP contribution is -2.38. The molecule has 0 spiro atoms. The fourth-order valence-electron chi connectivity index (χ4n) is 2.87. The lowest BCUT2D eigenvalue weighted by atomic mass is 9.80.